The lowest BCUT2D eigenvalue weighted by molar-refractivity contribution is -0.137. The van der Waals surface area contributed by atoms with Crippen LogP contribution in [0, 0.1) is 0 Å². The average molecular weight is 499 g/mol. The molecule has 34 heavy (non-hydrogen) atoms. The zero-order chi connectivity index (χ0) is 24.5. The highest BCUT2D eigenvalue weighted by atomic mass is 32.2. The summed E-state index contributed by atoms with van der Waals surface area (Å²) in [6.45, 7) is 0.518. The van der Waals surface area contributed by atoms with Crippen molar-refractivity contribution in [2.75, 3.05) is 35.3 Å². The van der Waals surface area contributed by atoms with Crippen molar-refractivity contribution in [1.82, 2.24) is 14.3 Å². The number of nitrogens with zero attached hydrogens (tertiary/aromatic N) is 3. The minimum atomic E-state index is -4.67. The van der Waals surface area contributed by atoms with Gasteiger partial charge in [-0.1, -0.05) is 18.6 Å². The van der Waals surface area contributed by atoms with E-state index in [1.54, 1.807) is 18.2 Å². The number of piperidine rings is 1. The molecule has 0 aliphatic carbocycles. The van der Waals surface area contributed by atoms with E-state index in [-0.39, 0.29) is 30.9 Å². The molecule has 1 atom stereocenters. The van der Waals surface area contributed by atoms with Crippen molar-refractivity contribution in [1.29, 1.82) is 0 Å². The van der Waals surface area contributed by atoms with Gasteiger partial charge < -0.3 is 16.0 Å². The first-order valence-electron chi connectivity index (χ1n) is 10.9. The Kier molecular flexibility index (Phi) is 6.67. The van der Waals surface area contributed by atoms with E-state index in [1.807, 2.05) is 0 Å². The minimum absolute atomic E-state index is 0.0690. The topological polar surface area (TPSA) is 116 Å². The van der Waals surface area contributed by atoms with Crippen LogP contribution in [0.3, 0.4) is 0 Å². The lowest BCUT2D eigenvalue weighted by Crippen LogP contribution is -2.43. The number of rotatable bonds is 7. The molecular formula is C21H25F3N6O3S. The van der Waals surface area contributed by atoms with E-state index in [0.717, 1.165) is 24.7 Å². The molecule has 1 unspecified atom stereocenters. The number of carbonyl (C=O) groups excluding carboxylic acids is 1. The predicted molar refractivity (Wildman–Crippen MR) is 121 cm³/mol. The fraction of sp³-hybridized carbons (Fsp3) is 0.476. The lowest BCUT2D eigenvalue weighted by atomic mass is 10.0. The smallest absolute Gasteiger partial charge is 0.369 e. The Morgan fingerprint density at radius 1 is 1.26 bits per heavy atom. The van der Waals surface area contributed by atoms with Crippen molar-refractivity contribution in [3.63, 3.8) is 0 Å². The molecule has 3 N–H and O–H groups in total. The summed E-state index contributed by atoms with van der Waals surface area (Å²) in [5.41, 5.74) is 0.764. The van der Waals surface area contributed by atoms with Crippen molar-refractivity contribution < 1.29 is 26.4 Å². The Hall–Kier alpha value is -2.93. The second-order valence-corrected chi connectivity index (χ2v) is 10.3. The van der Waals surface area contributed by atoms with E-state index in [9.17, 15) is 26.4 Å². The van der Waals surface area contributed by atoms with Crippen molar-refractivity contribution in [2.24, 2.45) is 0 Å². The number of fused-ring (bicyclic) bond motifs is 1. The Morgan fingerprint density at radius 3 is 2.79 bits per heavy atom. The summed E-state index contributed by atoms with van der Waals surface area (Å²) in [4.78, 5) is 19.5. The molecule has 0 spiro atoms. The van der Waals surface area contributed by atoms with Gasteiger partial charge in [-0.25, -0.2) is 13.4 Å². The Balaban J connectivity index is 1.52. The Labute approximate surface area is 195 Å². The molecular weight excluding hydrogens is 473 g/mol. The first-order chi connectivity index (χ1) is 16.0. The molecule has 2 aromatic rings. The second kappa shape index (κ2) is 9.37. The quantitative estimate of drug-likeness (QED) is 0.536. The predicted octanol–water partition coefficient (Wildman–Crippen LogP) is 3.35. The van der Waals surface area contributed by atoms with Crippen molar-refractivity contribution in [3.05, 3.63) is 35.5 Å². The van der Waals surface area contributed by atoms with Gasteiger partial charge in [0.25, 0.3) is 0 Å². The number of benzene rings is 1. The zero-order valence-electron chi connectivity index (χ0n) is 18.4. The van der Waals surface area contributed by atoms with Gasteiger partial charge in [-0.05, 0) is 30.9 Å². The van der Waals surface area contributed by atoms with Crippen LogP contribution in [0.5, 0.6) is 0 Å². The van der Waals surface area contributed by atoms with Gasteiger partial charge in [0.2, 0.25) is 21.9 Å². The maximum atomic E-state index is 13.6. The van der Waals surface area contributed by atoms with Gasteiger partial charge in [0.15, 0.2) is 0 Å². The van der Waals surface area contributed by atoms with E-state index in [2.05, 4.69) is 25.9 Å². The second-order valence-electron chi connectivity index (χ2n) is 8.38. The van der Waals surface area contributed by atoms with E-state index < -0.39 is 27.6 Å². The number of nitrogens with one attached hydrogen (secondary N) is 3. The first kappa shape index (κ1) is 24.2. The number of aromatic nitrogens is 2. The molecule has 4 rings (SSSR count). The summed E-state index contributed by atoms with van der Waals surface area (Å²) in [7, 11) is -3.39. The van der Waals surface area contributed by atoms with Crippen LogP contribution in [0.15, 0.2) is 24.4 Å². The Morgan fingerprint density at radius 2 is 2.06 bits per heavy atom. The fourth-order valence-electron chi connectivity index (χ4n) is 4.32. The van der Waals surface area contributed by atoms with E-state index in [4.69, 9.17) is 0 Å². The highest BCUT2D eigenvalue weighted by Gasteiger charge is 2.36. The number of carbonyl (C=O) groups is 1. The number of hydrogen-bond donors (Lipinski definition) is 3. The third kappa shape index (κ3) is 5.41. The minimum Gasteiger partial charge on any atom is -0.369 e. The van der Waals surface area contributed by atoms with E-state index >= 15 is 0 Å². The summed E-state index contributed by atoms with van der Waals surface area (Å²) in [6.07, 6.45) is 0.0135. The summed E-state index contributed by atoms with van der Waals surface area (Å²) >= 11 is 0. The first-order valence-corrected chi connectivity index (χ1v) is 12.7. The summed E-state index contributed by atoms with van der Waals surface area (Å²) < 4.78 is 66.2. The van der Waals surface area contributed by atoms with Crippen molar-refractivity contribution >= 4 is 39.1 Å². The summed E-state index contributed by atoms with van der Waals surface area (Å²) in [5, 5.41) is 8.32. The molecule has 0 saturated carbocycles. The molecule has 1 fully saturated rings. The highest BCUT2D eigenvalue weighted by Crippen LogP contribution is 2.36. The SMILES string of the molecule is CS(=O)(=O)N1CCCCC1CCNc1nc(Nc2cccc3c2NC(=O)C3)ncc1C(F)(F)F. The van der Waals surface area contributed by atoms with Crippen LogP contribution in [-0.4, -0.2) is 54.0 Å². The van der Waals surface area contributed by atoms with Gasteiger partial charge in [0, 0.05) is 25.3 Å². The van der Waals surface area contributed by atoms with E-state index in [0.29, 0.717) is 37.0 Å². The molecule has 0 radical (unpaired) electrons. The van der Waals surface area contributed by atoms with Gasteiger partial charge in [-0.2, -0.15) is 22.5 Å². The third-order valence-electron chi connectivity index (χ3n) is 5.88. The van der Waals surface area contributed by atoms with Crippen LogP contribution in [0.4, 0.5) is 36.3 Å². The number of sulfonamides is 1. The Bertz CT molecular complexity index is 1190. The standard InChI is InChI=1S/C21H25F3N6O3S/c1-34(32,33)30-10-3-2-6-14(30)8-9-25-19-15(21(22,23)24)12-26-20(29-19)27-16-7-4-5-13-11-17(31)28-18(13)16/h4-5,7,12,14H,2-3,6,8-11H2,1H3,(H,28,31)(H2,25,26,27,29). The number of alkyl halides is 3. The molecule has 1 aromatic carbocycles. The van der Waals surface area contributed by atoms with Crippen LogP contribution < -0.4 is 16.0 Å². The number of anilines is 4. The monoisotopic (exact) mass is 498 g/mol. The summed E-state index contributed by atoms with van der Waals surface area (Å²) in [6, 6.07) is 4.90. The molecule has 184 valence electrons. The van der Waals surface area contributed by atoms with Crippen molar-refractivity contribution in [3.8, 4) is 0 Å². The molecule has 13 heteroatoms. The number of para-hydroxylation sites is 1. The van der Waals surface area contributed by atoms with Gasteiger partial charge in [0.1, 0.15) is 11.4 Å². The van der Waals surface area contributed by atoms with Crippen LogP contribution in [-0.2, 0) is 27.4 Å². The number of hydrogen-bond acceptors (Lipinski definition) is 7. The third-order valence-corrected chi connectivity index (χ3v) is 7.21. The average Bonchev–Trinajstić information content (AvgIpc) is 3.14. The number of amides is 1. The molecule has 1 amide bonds. The highest BCUT2D eigenvalue weighted by molar-refractivity contribution is 7.88. The van der Waals surface area contributed by atoms with Crippen LogP contribution >= 0.6 is 0 Å². The fourth-order valence-corrected chi connectivity index (χ4v) is 5.53. The normalized spacial score (nSPS) is 18.9. The van der Waals surface area contributed by atoms with Gasteiger partial charge in [0.05, 0.1) is 24.1 Å². The molecule has 2 aliphatic heterocycles. The van der Waals surface area contributed by atoms with E-state index in [1.165, 1.54) is 4.31 Å². The maximum Gasteiger partial charge on any atom is 0.421 e. The molecule has 1 saturated heterocycles. The molecule has 1 aromatic heterocycles. The molecule has 3 heterocycles. The van der Waals surface area contributed by atoms with Crippen molar-refractivity contribution in [2.45, 2.75) is 44.3 Å². The zero-order valence-corrected chi connectivity index (χ0v) is 19.3. The molecule has 0 bridgehead atoms. The van der Waals surface area contributed by atoms with Gasteiger partial charge >= 0.3 is 6.18 Å². The van der Waals surface area contributed by atoms with Gasteiger partial charge in [-0.15, -0.1) is 0 Å². The lowest BCUT2D eigenvalue weighted by Gasteiger charge is -2.33. The summed E-state index contributed by atoms with van der Waals surface area (Å²) in [5.74, 6) is -0.644. The molecule has 2 aliphatic rings. The maximum absolute atomic E-state index is 13.6. The number of halogens is 3. The van der Waals surface area contributed by atoms with Crippen LogP contribution in [0.2, 0.25) is 0 Å². The molecule has 9 nitrogen and oxygen atoms in total. The van der Waals surface area contributed by atoms with Crippen LogP contribution in [0.1, 0.15) is 36.8 Å². The van der Waals surface area contributed by atoms with Crippen LogP contribution in [0.25, 0.3) is 0 Å². The largest absolute Gasteiger partial charge is 0.421 e. The van der Waals surface area contributed by atoms with Gasteiger partial charge in [-0.3, -0.25) is 4.79 Å².